The lowest BCUT2D eigenvalue weighted by molar-refractivity contribution is -0.142. The van der Waals surface area contributed by atoms with Gasteiger partial charge in [-0.3, -0.25) is 9.59 Å². The summed E-state index contributed by atoms with van der Waals surface area (Å²) in [5.74, 6) is -1.18. The maximum atomic E-state index is 12.9. The minimum Gasteiger partial charge on any atom is -0.488 e. The van der Waals surface area contributed by atoms with Crippen LogP contribution in [0.1, 0.15) is 21.7 Å². The maximum Gasteiger partial charge on any atom is 0.328 e. The molecule has 178 valence electrons. The maximum absolute atomic E-state index is 12.9. The van der Waals surface area contributed by atoms with Crippen molar-refractivity contribution in [2.75, 3.05) is 7.11 Å². The van der Waals surface area contributed by atoms with Crippen molar-refractivity contribution in [3.8, 4) is 5.75 Å². The van der Waals surface area contributed by atoms with Crippen LogP contribution in [0.2, 0.25) is 0 Å². The predicted molar refractivity (Wildman–Crippen MR) is 134 cm³/mol. The highest BCUT2D eigenvalue weighted by molar-refractivity contribution is 9.10. The van der Waals surface area contributed by atoms with E-state index >= 15 is 0 Å². The van der Waals surface area contributed by atoms with E-state index in [2.05, 4.69) is 21.2 Å². The third-order valence-corrected chi connectivity index (χ3v) is 6.13. The Balaban J connectivity index is 1.57. The van der Waals surface area contributed by atoms with E-state index in [4.69, 9.17) is 13.9 Å². The molecule has 0 fully saturated rings. The van der Waals surface area contributed by atoms with E-state index in [1.165, 1.54) is 7.11 Å². The molecule has 0 radical (unpaired) electrons. The van der Waals surface area contributed by atoms with Crippen molar-refractivity contribution < 1.29 is 23.5 Å². The molecule has 1 heterocycles. The average Bonchev–Trinajstić information content (AvgIpc) is 2.87. The largest absolute Gasteiger partial charge is 0.488 e. The summed E-state index contributed by atoms with van der Waals surface area (Å²) < 4.78 is 17.4. The molecule has 1 atom stereocenters. The van der Waals surface area contributed by atoms with Crippen molar-refractivity contribution >= 4 is 38.8 Å². The lowest BCUT2D eigenvalue weighted by Gasteiger charge is -2.16. The first-order chi connectivity index (χ1) is 17.0. The number of hydrogen-bond donors (Lipinski definition) is 1. The van der Waals surface area contributed by atoms with Gasteiger partial charge in [0.15, 0.2) is 11.2 Å². The number of carbonyl (C=O) groups excluding carboxylic acids is 2. The van der Waals surface area contributed by atoms with Gasteiger partial charge in [0.25, 0.3) is 5.91 Å². The molecule has 1 N–H and O–H groups in total. The second kappa shape index (κ2) is 11.0. The molecular weight excluding hydrogens is 514 g/mol. The number of amides is 1. The summed E-state index contributed by atoms with van der Waals surface area (Å²) in [6.07, 6.45) is 0.226. The Kier molecular flexibility index (Phi) is 7.62. The van der Waals surface area contributed by atoms with Crippen molar-refractivity contribution in [2.45, 2.75) is 19.1 Å². The van der Waals surface area contributed by atoms with Crippen LogP contribution in [0.3, 0.4) is 0 Å². The molecule has 35 heavy (non-hydrogen) atoms. The number of carbonyl (C=O) groups is 2. The molecule has 0 saturated carbocycles. The molecule has 0 aliphatic heterocycles. The zero-order valence-electron chi connectivity index (χ0n) is 18.8. The third-order valence-electron chi connectivity index (χ3n) is 5.35. The van der Waals surface area contributed by atoms with Gasteiger partial charge >= 0.3 is 5.97 Å². The molecule has 4 rings (SSSR count). The van der Waals surface area contributed by atoms with Gasteiger partial charge in [-0.05, 0) is 23.8 Å². The Morgan fingerprint density at radius 2 is 1.74 bits per heavy atom. The highest BCUT2D eigenvalue weighted by Crippen LogP contribution is 2.25. The summed E-state index contributed by atoms with van der Waals surface area (Å²) >= 11 is 3.48. The molecule has 0 spiro atoms. The molecule has 0 saturated heterocycles. The Morgan fingerprint density at radius 3 is 2.49 bits per heavy atom. The van der Waals surface area contributed by atoms with Crippen molar-refractivity contribution in [1.29, 1.82) is 0 Å². The number of halogens is 1. The van der Waals surface area contributed by atoms with E-state index in [9.17, 15) is 14.4 Å². The summed E-state index contributed by atoms with van der Waals surface area (Å²) in [4.78, 5) is 38.1. The zero-order chi connectivity index (χ0) is 24.8. The Bertz CT molecular complexity index is 1420. The predicted octanol–water partition coefficient (Wildman–Crippen LogP) is 4.65. The molecule has 0 unspecified atom stereocenters. The van der Waals surface area contributed by atoms with Crippen LogP contribution >= 0.6 is 15.9 Å². The molecule has 0 bridgehead atoms. The standard InChI is InChI=1S/C27H22BrNO6/c1-33-27(32)20(14-17-8-3-2-4-9-17)29-26(31)24-15-21(30)25-22(12-7-13-23(25)35-24)34-16-18-10-5-6-11-19(18)28/h2-13,15,20H,14,16H2,1H3,(H,29,31)/t20-/m0/s1. The van der Waals surface area contributed by atoms with Crippen molar-refractivity contribution in [3.05, 3.63) is 110 Å². The van der Waals surface area contributed by atoms with Gasteiger partial charge in [-0.2, -0.15) is 0 Å². The lowest BCUT2D eigenvalue weighted by Crippen LogP contribution is -2.43. The smallest absolute Gasteiger partial charge is 0.328 e. The molecule has 8 heteroatoms. The van der Waals surface area contributed by atoms with Crippen LogP contribution < -0.4 is 15.5 Å². The fourth-order valence-electron chi connectivity index (χ4n) is 3.60. The minimum absolute atomic E-state index is 0.199. The summed E-state index contributed by atoms with van der Waals surface area (Å²) in [5, 5.41) is 2.84. The highest BCUT2D eigenvalue weighted by atomic mass is 79.9. The molecule has 0 aliphatic carbocycles. The second-order valence-corrected chi connectivity index (χ2v) is 8.58. The third kappa shape index (κ3) is 5.78. The Hall–Kier alpha value is -3.91. The van der Waals surface area contributed by atoms with Crippen LogP contribution in [-0.4, -0.2) is 25.0 Å². The molecule has 3 aromatic carbocycles. The molecular formula is C27H22BrNO6. The van der Waals surface area contributed by atoms with Gasteiger partial charge in [-0.25, -0.2) is 4.79 Å². The SMILES string of the molecule is COC(=O)[C@H](Cc1ccccc1)NC(=O)c1cc(=O)c2c(OCc3ccccc3Br)cccc2o1. The summed E-state index contributed by atoms with van der Waals surface area (Å²) in [7, 11) is 1.25. The van der Waals surface area contributed by atoms with Crippen molar-refractivity contribution in [1.82, 2.24) is 5.32 Å². The number of rotatable bonds is 8. The van der Waals surface area contributed by atoms with Crippen molar-refractivity contribution in [2.24, 2.45) is 0 Å². The van der Waals surface area contributed by atoms with Crippen LogP contribution in [0.25, 0.3) is 11.0 Å². The van der Waals surface area contributed by atoms with Gasteiger partial charge in [0.05, 0.1) is 7.11 Å². The van der Waals surface area contributed by atoms with E-state index in [1.54, 1.807) is 18.2 Å². The van der Waals surface area contributed by atoms with Gasteiger partial charge in [0.1, 0.15) is 29.4 Å². The first kappa shape index (κ1) is 24.2. The van der Waals surface area contributed by atoms with Gasteiger partial charge in [0, 0.05) is 22.5 Å². The monoisotopic (exact) mass is 535 g/mol. The van der Waals surface area contributed by atoms with E-state index in [0.717, 1.165) is 21.7 Å². The summed E-state index contributed by atoms with van der Waals surface area (Å²) in [6.45, 7) is 0.239. The first-order valence-corrected chi connectivity index (χ1v) is 11.6. The van der Waals surface area contributed by atoms with Crippen LogP contribution in [0.5, 0.6) is 5.75 Å². The first-order valence-electron chi connectivity index (χ1n) is 10.8. The average molecular weight is 536 g/mol. The topological polar surface area (TPSA) is 94.8 Å². The molecule has 0 aliphatic rings. The van der Waals surface area contributed by atoms with E-state index < -0.39 is 23.3 Å². The number of esters is 1. The lowest BCUT2D eigenvalue weighted by atomic mass is 10.1. The van der Waals surface area contributed by atoms with Crippen LogP contribution in [-0.2, 0) is 22.6 Å². The number of benzene rings is 3. The highest BCUT2D eigenvalue weighted by Gasteiger charge is 2.24. The van der Waals surface area contributed by atoms with Gasteiger partial charge in [0.2, 0.25) is 0 Å². The van der Waals surface area contributed by atoms with Crippen LogP contribution in [0, 0.1) is 0 Å². The quantitative estimate of drug-likeness (QED) is 0.330. The summed E-state index contributed by atoms with van der Waals surface area (Å²) in [6, 6.07) is 21.9. The Labute approximate surface area is 209 Å². The van der Waals surface area contributed by atoms with Gasteiger partial charge in [-0.15, -0.1) is 0 Å². The summed E-state index contributed by atoms with van der Waals surface area (Å²) in [5.41, 5.74) is 1.52. The number of methoxy groups -OCH3 is 1. The molecule has 1 aromatic heterocycles. The Morgan fingerprint density at radius 1 is 1.00 bits per heavy atom. The zero-order valence-corrected chi connectivity index (χ0v) is 20.4. The normalized spacial score (nSPS) is 11.6. The molecule has 4 aromatic rings. The molecule has 7 nitrogen and oxygen atoms in total. The van der Waals surface area contributed by atoms with E-state index in [0.29, 0.717) is 5.75 Å². The minimum atomic E-state index is -0.949. The van der Waals surface area contributed by atoms with E-state index in [1.807, 2.05) is 54.6 Å². The number of nitrogens with one attached hydrogen (secondary N) is 1. The fraction of sp³-hybridized carbons (Fsp3) is 0.148. The fourth-order valence-corrected chi connectivity index (χ4v) is 4.00. The van der Waals surface area contributed by atoms with E-state index in [-0.39, 0.29) is 29.8 Å². The van der Waals surface area contributed by atoms with Crippen molar-refractivity contribution in [3.63, 3.8) is 0 Å². The number of ether oxygens (including phenoxy) is 2. The van der Waals surface area contributed by atoms with Crippen LogP contribution in [0.15, 0.2) is 92.5 Å². The van der Waals surface area contributed by atoms with Crippen LogP contribution in [0.4, 0.5) is 0 Å². The van der Waals surface area contributed by atoms with Gasteiger partial charge in [-0.1, -0.05) is 70.5 Å². The second-order valence-electron chi connectivity index (χ2n) is 7.72. The number of hydrogen-bond acceptors (Lipinski definition) is 6. The molecule has 1 amide bonds. The van der Waals surface area contributed by atoms with Gasteiger partial charge < -0.3 is 19.2 Å². The number of fused-ring (bicyclic) bond motifs is 1.